The van der Waals surface area contributed by atoms with Crippen LogP contribution in [0, 0.1) is 0 Å². The summed E-state index contributed by atoms with van der Waals surface area (Å²) in [7, 11) is 4.48. The minimum Gasteiger partial charge on any atom is -0.476 e. The van der Waals surface area contributed by atoms with Gasteiger partial charge in [0.25, 0.3) is 0 Å². The van der Waals surface area contributed by atoms with Gasteiger partial charge in [-0.25, -0.2) is 24.4 Å². The minimum absolute atomic E-state index is 0.0214. The molecule has 1 aliphatic rings. The number of hydrogen-bond donors (Lipinski definition) is 2. The zero-order chi connectivity index (χ0) is 15.7. The van der Waals surface area contributed by atoms with Gasteiger partial charge in [0, 0.05) is 21.1 Å². The Bertz CT molecular complexity index is 731. The van der Waals surface area contributed by atoms with Gasteiger partial charge in [0.15, 0.2) is 34.9 Å². The van der Waals surface area contributed by atoms with Crippen LogP contribution >= 0.6 is 0 Å². The number of nitrogens with one attached hydrogen (secondary N) is 1. The Balaban J connectivity index is 2.84. The number of carbonyl (C=O) groups is 1. The van der Waals surface area contributed by atoms with E-state index < -0.39 is 5.97 Å². The molecule has 0 saturated carbocycles. The maximum atomic E-state index is 11.2. The third-order valence-electron chi connectivity index (χ3n) is 3.02. The molecule has 2 N–H and O–H groups in total. The summed E-state index contributed by atoms with van der Waals surface area (Å²) in [6, 6.07) is 0. The number of aromatic carboxylic acids is 1. The highest BCUT2D eigenvalue weighted by atomic mass is 16.4. The summed E-state index contributed by atoms with van der Waals surface area (Å²) in [6.45, 7) is 0. The lowest BCUT2D eigenvalue weighted by Crippen LogP contribution is -2.37. The van der Waals surface area contributed by atoms with E-state index in [1.54, 1.807) is 11.9 Å². The number of rotatable bonds is 2. The number of carbonyl (C=O) groups excluding carboxylic acids is 2. The molecule has 0 bridgehead atoms. The average molecular weight is 289 g/mol. The van der Waals surface area contributed by atoms with E-state index in [0.717, 1.165) is 0 Å². The van der Waals surface area contributed by atoms with Gasteiger partial charge in [-0.05, 0) is 0 Å². The van der Waals surface area contributed by atoms with Gasteiger partial charge in [0.1, 0.15) is 5.69 Å². The highest BCUT2D eigenvalue weighted by Crippen LogP contribution is 2.34. The molecule has 1 aliphatic heterocycles. The lowest BCUT2D eigenvalue weighted by molar-refractivity contribution is 0.0691. The monoisotopic (exact) mass is 289 g/mol. The van der Waals surface area contributed by atoms with E-state index in [-0.39, 0.29) is 34.5 Å². The van der Waals surface area contributed by atoms with E-state index >= 15 is 0 Å². The Morgan fingerprint density at radius 3 is 2.33 bits per heavy atom. The van der Waals surface area contributed by atoms with Crippen molar-refractivity contribution in [3.8, 4) is 0 Å². The van der Waals surface area contributed by atoms with Gasteiger partial charge in [-0.15, -0.1) is 0 Å². The van der Waals surface area contributed by atoms with E-state index in [4.69, 9.17) is 5.11 Å². The van der Waals surface area contributed by atoms with Gasteiger partial charge >= 0.3 is 5.97 Å². The number of hydrogen-bond acceptors (Lipinski definition) is 8. The van der Waals surface area contributed by atoms with Gasteiger partial charge in [0.05, 0.1) is 0 Å². The van der Waals surface area contributed by atoms with E-state index in [1.165, 1.54) is 30.9 Å². The third kappa shape index (κ3) is 2.02. The van der Waals surface area contributed by atoms with Crippen LogP contribution in [0.1, 0.15) is 16.2 Å². The predicted molar refractivity (Wildman–Crippen MR) is 73.0 cm³/mol. The first-order valence-corrected chi connectivity index (χ1v) is 5.77. The first kappa shape index (κ1) is 14.3. The summed E-state index contributed by atoms with van der Waals surface area (Å²) in [6.07, 6.45) is 0. The molecule has 0 atom stereocenters. The van der Waals surface area contributed by atoms with Crippen molar-refractivity contribution in [3.05, 3.63) is 17.2 Å². The van der Waals surface area contributed by atoms with E-state index in [2.05, 4.69) is 15.3 Å². The Morgan fingerprint density at radius 2 is 1.86 bits per heavy atom. The highest BCUT2D eigenvalue weighted by molar-refractivity contribution is 5.97. The Morgan fingerprint density at radius 1 is 1.19 bits per heavy atom. The fourth-order valence-electron chi connectivity index (χ4n) is 1.99. The van der Waals surface area contributed by atoms with Crippen LogP contribution < -0.4 is 10.2 Å². The van der Waals surface area contributed by atoms with Crippen molar-refractivity contribution in [2.45, 2.75) is 0 Å². The third-order valence-corrected chi connectivity index (χ3v) is 3.02. The number of aromatic nitrogens is 2. The summed E-state index contributed by atoms with van der Waals surface area (Å²) in [5, 5.41) is 11.8. The van der Waals surface area contributed by atoms with Crippen LogP contribution in [-0.4, -0.2) is 59.0 Å². The molecule has 0 spiro atoms. The first-order chi connectivity index (χ1) is 9.96. The number of fused-ring (bicyclic) bond motifs is 1. The van der Waals surface area contributed by atoms with Gasteiger partial charge in [-0.3, -0.25) is 0 Å². The number of carboxylic acids is 1. The van der Waals surface area contributed by atoms with Crippen molar-refractivity contribution in [3.63, 3.8) is 0 Å². The van der Waals surface area contributed by atoms with Crippen molar-refractivity contribution in [1.82, 2.24) is 14.9 Å². The Hall–Kier alpha value is -3.15. The highest BCUT2D eigenvalue weighted by Gasteiger charge is 2.33. The van der Waals surface area contributed by atoms with Gasteiger partial charge in [-0.2, -0.15) is 0 Å². The fourth-order valence-corrected chi connectivity index (χ4v) is 1.99. The molecule has 0 saturated heterocycles. The number of anilines is 2. The molecule has 2 heterocycles. The van der Waals surface area contributed by atoms with Crippen LogP contribution in [0.15, 0.2) is 5.82 Å². The molecular weight excluding hydrogens is 278 g/mol. The first-order valence-electron chi connectivity index (χ1n) is 5.77. The van der Waals surface area contributed by atoms with Crippen LogP contribution in [0.5, 0.6) is 0 Å². The Labute approximate surface area is 119 Å². The topological polar surface area (TPSA) is 116 Å². The fraction of sp³-hybridized carbons (Fsp3) is 0.250. The normalized spacial score (nSPS) is 13.5. The van der Waals surface area contributed by atoms with Gasteiger partial charge in [-0.1, -0.05) is 0 Å². The summed E-state index contributed by atoms with van der Waals surface area (Å²) in [4.78, 5) is 44.0. The maximum Gasteiger partial charge on any atom is 0.358 e. The average Bonchev–Trinajstić information content (AvgIpc) is 2.47. The molecule has 0 aliphatic carbocycles. The van der Waals surface area contributed by atoms with Crippen molar-refractivity contribution in [2.24, 2.45) is 0 Å². The predicted octanol–water partition coefficient (Wildman–Crippen LogP) is -0.556. The van der Waals surface area contributed by atoms with E-state index in [9.17, 15) is 14.4 Å². The molecule has 108 valence electrons. The van der Waals surface area contributed by atoms with E-state index in [1.807, 2.05) is 0 Å². The van der Waals surface area contributed by atoms with Gasteiger partial charge < -0.3 is 20.2 Å². The molecule has 2 rings (SSSR count). The summed E-state index contributed by atoms with van der Waals surface area (Å²) < 4.78 is 0. The molecule has 0 aromatic carbocycles. The van der Waals surface area contributed by atoms with Crippen molar-refractivity contribution < 1.29 is 19.5 Å². The SMILES string of the molecule is CNc1nc2c(nc1C(=O)O)C(=C=O)N(C)C(=C=O)N2C. The second kappa shape index (κ2) is 5.09. The van der Waals surface area contributed by atoms with Crippen molar-refractivity contribution in [2.75, 3.05) is 31.4 Å². The van der Waals surface area contributed by atoms with Crippen LogP contribution in [0.4, 0.5) is 11.6 Å². The summed E-state index contributed by atoms with van der Waals surface area (Å²) >= 11 is 0. The van der Waals surface area contributed by atoms with Gasteiger partial charge in [0.2, 0.25) is 5.82 Å². The van der Waals surface area contributed by atoms with Crippen molar-refractivity contribution >= 4 is 35.2 Å². The number of nitrogens with zero attached hydrogens (tertiary/aromatic N) is 4. The molecule has 1 aromatic heterocycles. The largest absolute Gasteiger partial charge is 0.476 e. The van der Waals surface area contributed by atoms with Crippen molar-refractivity contribution in [1.29, 1.82) is 0 Å². The quantitative estimate of drug-likeness (QED) is 0.691. The molecule has 9 nitrogen and oxygen atoms in total. The summed E-state index contributed by atoms with van der Waals surface area (Å²) in [5.74, 6) is 2.29. The smallest absolute Gasteiger partial charge is 0.358 e. The molecule has 21 heavy (non-hydrogen) atoms. The number of carboxylic acid groups (broad SMARTS) is 1. The lowest BCUT2D eigenvalue weighted by atomic mass is 10.2. The molecule has 0 fully saturated rings. The standard InChI is InChI=1S/C12H11N5O4/c1-13-10-9(12(20)21)14-8-6(4-18)16(2)7(5-19)17(3)11(8)15-10/h1-3H3,(H,13,15)(H,20,21). The second-order valence-corrected chi connectivity index (χ2v) is 4.14. The summed E-state index contributed by atoms with van der Waals surface area (Å²) in [5.41, 5.74) is -0.381. The van der Waals surface area contributed by atoms with E-state index in [0.29, 0.717) is 0 Å². The molecule has 0 amide bonds. The molecule has 1 aromatic rings. The molecular formula is C12H11N5O4. The van der Waals surface area contributed by atoms with Crippen LogP contribution in [0.2, 0.25) is 0 Å². The molecule has 9 heteroatoms. The minimum atomic E-state index is -1.29. The lowest BCUT2D eigenvalue weighted by Gasteiger charge is -2.33. The van der Waals surface area contributed by atoms with Crippen LogP contribution in [-0.2, 0) is 9.59 Å². The van der Waals surface area contributed by atoms with Crippen LogP contribution in [0.3, 0.4) is 0 Å². The molecule has 0 radical (unpaired) electrons. The maximum absolute atomic E-state index is 11.2. The molecule has 0 unspecified atom stereocenters. The van der Waals surface area contributed by atoms with Crippen LogP contribution in [0.25, 0.3) is 5.70 Å². The second-order valence-electron chi connectivity index (χ2n) is 4.14. The zero-order valence-electron chi connectivity index (χ0n) is 11.5. The zero-order valence-corrected chi connectivity index (χ0v) is 11.5. The Kier molecular flexibility index (Phi) is 3.45.